The van der Waals surface area contributed by atoms with Crippen molar-refractivity contribution < 1.29 is 9.53 Å². The molecule has 80 valence electrons. The summed E-state index contributed by atoms with van der Waals surface area (Å²) < 4.78 is 4.89. The van der Waals surface area contributed by atoms with Gasteiger partial charge in [0.15, 0.2) is 0 Å². The van der Waals surface area contributed by atoms with Crippen molar-refractivity contribution in [1.29, 1.82) is 0 Å². The number of nitrogen functional groups attached to an aromatic ring is 1. The van der Waals surface area contributed by atoms with Gasteiger partial charge in [-0.05, 0) is 30.2 Å². The zero-order valence-electron chi connectivity index (χ0n) is 8.77. The fourth-order valence-corrected chi connectivity index (χ4v) is 1.02. The predicted molar refractivity (Wildman–Crippen MR) is 61.1 cm³/mol. The maximum absolute atomic E-state index is 11.1. The molecular formula is C12H15NO2. The van der Waals surface area contributed by atoms with Crippen LogP contribution < -0.4 is 5.73 Å². The summed E-state index contributed by atoms with van der Waals surface area (Å²) in [6, 6.07) is 7.27. The standard InChI is InChI=1S/C12H15NO2/c1-2-9-15-12(14)8-5-10-3-6-11(13)7-4-10/h3-8H,2,9,13H2,1H3. The first-order valence-electron chi connectivity index (χ1n) is 4.92. The number of ether oxygens (including phenoxy) is 1. The minimum atomic E-state index is -0.311. The zero-order chi connectivity index (χ0) is 11.1. The fourth-order valence-electron chi connectivity index (χ4n) is 1.02. The number of nitrogens with two attached hydrogens (primary N) is 1. The maximum atomic E-state index is 11.1. The lowest BCUT2D eigenvalue weighted by molar-refractivity contribution is -0.137. The third kappa shape index (κ3) is 4.31. The molecule has 0 saturated heterocycles. The number of rotatable bonds is 4. The molecule has 15 heavy (non-hydrogen) atoms. The van der Waals surface area contributed by atoms with E-state index in [1.165, 1.54) is 6.08 Å². The van der Waals surface area contributed by atoms with E-state index in [0.717, 1.165) is 12.0 Å². The van der Waals surface area contributed by atoms with Gasteiger partial charge < -0.3 is 10.5 Å². The van der Waals surface area contributed by atoms with Gasteiger partial charge in [-0.25, -0.2) is 4.79 Å². The second kappa shape index (κ2) is 5.86. The minimum absolute atomic E-state index is 0.311. The molecule has 0 bridgehead atoms. The van der Waals surface area contributed by atoms with Crippen molar-refractivity contribution in [2.45, 2.75) is 13.3 Å². The number of benzene rings is 1. The topological polar surface area (TPSA) is 52.3 Å². The molecule has 0 aliphatic heterocycles. The number of anilines is 1. The largest absolute Gasteiger partial charge is 0.463 e. The molecule has 1 aromatic rings. The van der Waals surface area contributed by atoms with Crippen LogP contribution in [0.1, 0.15) is 18.9 Å². The lowest BCUT2D eigenvalue weighted by Crippen LogP contribution is -2.00. The van der Waals surface area contributed by atoms with Crippen molar-refractivity contribution >= 4 is 17.7 Å². The summed E-state index contributed by atoms with van der Waals surface area (Å²) in [7, 11) is 0. The van der Waals surface area contributed by atoms with Crippen LogP contribution in [-0.4, -0.2) is 12.6 Å². The van der Waals surface area contributed by atoms with E-state index in [2.05, 4.69) is 0 Å². The highest BCUT2D eigenvalue weighted by atomic mass is 16.5. The summed E-state index contributed by atoms with van der Waals surface area (Å²) in [5, 5.41) is 0. The van der Waals surface area contributed by atoms with Crippen molar-refractivity contribution in [3.05, 3.63) is 35.9 Å². The van der Waals surface area contributed by atoms with Crippen molar-refractivity contribution in [1.82, 2.24) is 0 Å². The van der Waals surface area contributed by atoms with Gasteiger partial charge in [0.05, 0.1) is 6.61 Å². The van der Waals surface area contributed by atoms with Crippen molar-refractivity contribution in [2.24, 2.45) is 0 Å². The third-order valence-corrected chi connectivity index (χ3v) is 1.80. The Balaban J connectivity index is 2.50. The summed E-state index contributed by atoms with van der Waals surface area (Å²) in [5.41, 5.74) is 7.17. The molecule has 2 N–H and O–H groups in total. The second-order valence-corrected chi connectivity index (χ2v) is 3.17. The molecule has 0 saturated carbocycles. The van der Waals surface area contributed by atoms with Gasteiger partial charge >= 0.3 is 5.97 Å². The molecule has 0 radical (unpaired) electrons. The van der Waals surface area contributed by atoms with Crippen LogP contribution in [0.15, 0.2) is 30.3 Å². The van der Waals surface area contributed by atoms with E-state index in [4.69, 9.17) is 10.5 Å². The van der Waals surface area contributed by atoms with E-state index in [0.29, 0.717) is 12.3 Å². The first-order chi connectivity index (χ1) is 7.22. The van der Waals surface area contributed by atoms with E-state index in [1.807, 2.05) is 19.1 Å². The third-order valence-electron chi connectivity index (χ3n) is 1.80. The van der Waals surface area contributed by atoms with Crippen LogP contribution in [0.2, 0.25) is 0 Å². The van der Waals surface area contributed by atoms with Crippen LogP contribution in [0.4, 0.5) is 5.69 Å². The predicted octanol–water partition coefficient (Wildman–Crippen LogP) is 2.24. The van der Waals surface area contributed by atoms with E-state index in [-0.39, 0.29) is 5.97 Å². The highest BCUT2D eigenvalue weighted by molar-refractivity contribution is 5.87. The number of hydrogen-bond acceptors (Lipinski definition) is 3. The molecule has 0 amide bonds. The Morgan fingerprint density at radius 1 is 1.40 bits per heavy atom. The van der Waals surface area contributed by atoms with Gasteiger partial charge in [0.25, 0.3) is 0 Å². The summed E-state index contributed by atoms with van der Waals surface area (Å²) in [5.74, 6) is -0.311. The normalized spacial score (nSPS) is 10.5. The molecule has 0 fully saturated rings. The summed E-state index contributed by atoms with van der Waals surface area (Å²) in [4.78, 5) is 11.1. The highest BCUT2D eigenvalue weighted by Gasteiger charge is 1.94. The first kappa shape index (κ1) is 11.3. The molecule has 3 nitrogen and oxygen atoms in total. The van der Waals surface area contributed by atoms with Gasteiger partial charge in [0.2, 0.25) is 0 Å². The Bertz CT molecular complexity index is 341. The smallest absolute Gasteiger partial charge is 0.330 e. The Hall–Kier alpha value is -1.77. The molecule has 0 spiro atoms. The second-order valence-electron chi connectivity index (χ2n) is 3.17. The van der Waals surface area contributed by atoms with E-state index < -0.39 is 0 Å². The number of hydrogen-bond donors (Lipinski definition) is 1. The summed E-state index contributed by atoms with van der Waals surface area (Å²) in [6.07, 6.45) is 3.96. The van der Waals surface area contributed by atoms with Crippen LogP contribution in [0, 0.1) is 0 Å². The Labute approximate surface area is 89.5 Å². The fraction of sp³-hybridized carbons (Fsp3) is 0.250. The molecule has 0 aliphatic carbocycles. The van der Waals surface area contributed by atoms with Crippen molar-refractivity contribution in [3.8, 4) is 0 Å². The highest BCUT2D eigenvalue weighted by Crippen LogP contribution is 2.06. The maximum Gasteiger partial charge on any atom is 0.330 e. The Morgan fingerprint density at radius 3 is 2.67 bits per heavy atom. The molecule has 3 heteroatoms. The molecule has 1 rings (SSSR count). The van der Waals surface area contributed by atoms with Crippen molar-refractivity contribution in [2.75, 3.05) is 12.3 Å². The molecular weight excluding hydrogens is 190 g/mol. The van der Waals surface area contributed by atoms with Gasteiger partial charge in [-0.1, -0.05) is 19.1 Å². The SMILES string of the molecule is CCCOC(=O)C=Cc1ccc(N)cc1. The van der Waals surface area contributed by atoms with E-state index >= 15 is 0 Å². The van der Waals surface area contributed by atoms with Crippen LogP contribution in [0.5, 0.6) is 0 Å². The van der Waals surface area contributed by atoms with Crippen LogP contribution in [-0.2, 0) is 9.53 Å². The van der Waals surface area contributed by atoms with E-state index in [1.54, 1.807) is 18.2 Å². The Morgan fingerprint density at radius 2 is 2.07 bits per heavy atom. The lowest BCUT2D eigenvalue weighted by Gasteiger charge is -1.97. The van der Waals surface area contributed by atoms with Crippen LogP contribution in [0.25, 0.3) is 6.08 Å². The summed E-state index contributed by atoms with van der Waals surface area (Å²) >= 11 is 0. The average molecular weight is 205 g/mol. The minimum Gasteiger partial charge on any atom is -0.463 e. The number of esters is 1. The molecule has 0 aromatic heterocycles. The van der Waals surface area contributed by atoms with Gasteiger partial charge in [-0.3, -0.25) is 0 Å². The van der Waals surface area contributed by atoms with Gasteiger partial charge in [-0.15, -0.1) is 0 Å². The first-order valence-corrected chi connectivity index (χ1v) is 4.92. The van der Waals surface area contributed by atoms with Gasteiger partial charge in [0, 0.05) is 11.8 Å². The summed E-state index contributed by atoms with van der Waals surface area (Å²) in [6.45, 7) is 2.42. The Kier molecular flexibility index (Phi) is 4.41. The molecule has 0 aliphatic rings. The lowest BCUT2D eigenvalue weighted by atomic mass is 10.2. The quantitative estimate of drug-likeness (QED) is 0.466. The number of carbonyl (C=O) groups is 1. The van der Waals surface area contributed by atoms with Gasteiger partial charge in [0.1, 0.15) is 0 Å². The number of carbonyl (C=O) groups excluding carboxylic acids is 1. The molecule has 0 unspecified atom stereocenters. The van der Waals surface area contributed by atoms with Gasteiger partial charge in [-0.2, -0.15) is 0 Å². The zero-order valence-corrected chi connectivity index (χ0v) is 8.77. The van der Waals surface area contributed by atoms with Crippen molar-refractivity contribution in [3.63, 3.8) is 0 Å². The van der Waals surface area contributed by atoms with Crippen LogP contribution in [0.3, 0.4) is 0 Å². The molecule has 1 aromatic carbocycles. The molecule has 0 atom stereocenters. The van der Waals surface area contributed by atoms with E-state index in [9.17, 15) is 4.79 Å². The molecule has 0 heterocycles. The average Bonchev–Trinajstić information content (AvgIpc) is 2.25. The monoisotopic (exact) mass is 205 g/mol. The van der Waals surface area contributed by atoms with Crippen LogP contribution >= 0.6 is 0 Å².